The first kappa shape index (κ1) is 8.75. The van der Waals surface area contributed by atoms with Crippen molar-refractivity contribution < 1.29 is 14.3 Å². The predicted molar refractivity (Wildman–Crippen MR) is 47.2 cm³/mol. The summed E-state index contributed by atoms with van der Waals surface area (Å²) in [6.45, 7) is 4.01. The maximum Gasteiger partial charge on any atom is 0.330 e. The molecular formula is C10H14O3. The molecule has 0 aromatic heterocycles. The molecule has 0 amide bonds. The van der Waals surface area contributed by atoms with E-state index in [1.807, 2.05) is 6.92 Å². The molecule has 0 atom stereocenters. The van der Waals surface area contributed by atoms with Gasteiger partial charge >= 0.3 is 5.97 Å². The molecule has 0 bridgehead atoms. The van der Waals surface area contributed by atoms with Crippen LogP contribution in [0.25, 0.3) is 0 Å². The van der Waals surface area contributed by atoms with Gasteiger partial charge in [0.2, 0.25) is 0 Å². The van der Waals surface area contributed by atoms with Crippen LogP contribution in [0.2, 0.25) is 0 Å². The van der Waals surface area contributed by atoms with Crippen LogP contribution in [0.5, 0.6) is 0 Å². The molecule has 0 unspecified atom stereocenters. The molecule has 3 heteroatoms. The highest BCUT2D eigenvalue weighted by Crippen LogP contribution is 2.50. The molecule has 1 aliphatic carbocycles. The monoisotopic (exact) mass is 182 g/mol. The highest BCUT2D eigenvalue weighted by Gasteiger charge is 2.46. The van der Waals surface area contributed by atoms with Gasteiger partial charge in [-0.25, -0.2) is 4.79 Å². The Morgan fingerprint density at radius 1 is 1.62 bits per heavy atom. The number of carbonyl (C=O) groups excluding carboxylic acids is 1. The fraction of sp³-hybridized carbons (Fsp3) is 0.700. The molecule has 0 aromatic carbocycles. The first-order chi connectivity index (χ1) is 6.24. The molecule has 2 aliphatic rings. The van der Waals surface area contributed by atoms with E-state index < -0.39 is 0 Å². The number of hydrogen-bond donors (Lipinski definition) is 0. The standard InChI is InChI=1S/C10H14O3/c1-2-13-9(11)3-8-4-10(5-8)6-12-7-10/h3H,2,4-7H2,1H3. The van der Waals surface area contributed by atoms with Crippen molar-refractivity contribution in [2.45, 2.75) is 19.8 Å². The van der Waals surface area contributed by atoms with Gasteiger partial charge in [-0.1, -0.05) is 5.57 Å². The van der Waals surface area contributed by atoms with Crippen LogP contribution in [0.3, 0.4) is 0 Å². The molecule has 1 saturated heterocycles. The van der Waals surface area contributed by atoms with Crippen molar-refractivity contribution in [3.05, 3.63) is 11.6 Å². The first-order valence-electron chi connectivity index (χ1n) is 4.68. The van der Waals surface area contributed by atoms with Gasteiger partial charge in [-0.15, -0.1) is 0 Å². The summed E-state index contributed by atoms with van der Waals surface area (Å²) in [7, 11) is 0. The second-order valence-electron chi connectivity index (χ2n) is 3.90. The quantitative estimate of drug-likeness (QED) is 0.477. The third-order valence-electron chi connectivity index (χ3n) is 2.63. The molecule has 1 heterocycles. The molecule has 0 aromatic rings. The average molecular weight is 182 g/mol. The molecular weight excluding hydrogens is 168 g/mol. The van der Waals surface area contributed by atoms with Crippen molar-refractivity contribution in [3.63, 3.8) is 0 Å². The zero-order valence-corrected chi connectivity index (χ0v) is 7.84. The SMILES string of the molecule is CCOC(=O)C=C1CC2(COC2)C1. The molecule has 13 heavy (non-hydrogen) atoms. The van der Waals surface area contributed by atoms with Crippen LogP contribution >= 0.6 is 0 Å². The Morgan fingerprint density at radius 3 is 2.77 bits per heavy atom. The zero-order chi connectivity index (χ0) is 9.31. The largest absolute Gasteiger partial charge is 0.463 e. The lowest BCUT2D eigenvalue weighted by atomic mass is 9.64. The highest BCUT2D eigenvalue weighted by atomic mass is 16.5. The van der Waals surface area contributed by atoms with Gasteiger partial charge in [0.25, 0.3) is 0 Å². The highest BCUT2D eigenvalue weighted by molar-refractivity contribution is 5.83. The van der Waals surface area contributed by atoms with E-state index in [4.69, 9.17) is 9.47 Å². The minimum atomic E-state index is -0.201. The van der Waals surface area contributed by atoms with Gasteiger partial charge < -0.3 is 9.47 Å². The van der Waals surface area contributed by atoms with Crippen molar-refractivity contribution in [3.8, 4) is 0 Å². The molecule has 3 nitrogen and oxygen atoms in total. The Kier molecular flexibility index (Phi) is 2.12. The van der Waals surface area contributed by atoms with Gasteiger partial charge in [0.05, 0.1) is 19.8 Å². The fourth-order valence-corrected chi connectivity index (χ4v) is 1.96. The molecule has 72 valence electrons. The van der Waals surface area contributed by atoms with Crippen molar-refractivity contribution in [1.29, 1.82) is 0 Å². The lowest BCUT2D eigenvalue weighted by Gasteiger charge is -2.50. The number of rotatable bonds is 2. The van der Waals surface area contributed by atoms with Crippen LogP contribution in [0.4, 0.5) is 0 Å². The van der Waals surface area contributed by atoms with Crippen LogP contribution in [-0.4, -0.2) is 25.8 Å². The summed E-state index contributed by atoms with van der Waals surface area (Å²) < 4.78 is 9.96. The average Bonchev–Trinajstić information content (AvgIpc) is 1.92. The Bertz CT molecular complexity index is 241. The Hall–Kier alpha value is -0.830. The predicted octanol–water partition coefficient (Wildman–Crippen LogP) is 1.29. The summed E-state index contributed by atoms with van der Waals surface area (Å²) in [6.07, 6.45) is 3.67. The lowest BCUT2D eigenvalue weighted by molar-refractivity contribution is -0.140. The molecule has 1 saturated carbocycles. The van der Waals surface area contributed by atoms with Crippen molar-refractivity contribution in [1.82, 2.24) is 0 Å². The molecule has 2 rings (SSSR count). The number of hydrogen-bond acceptors (Lipinski definition) is 3. The fourth-order valence-electron chi connectivity index (χ4n) is 1.96. The third-order valence-corrected chi connectivity index (χ3v) is 2.63. The van der Waals surface area contributed by atoms with E-state index in [0.29, 0.717) is 12.0 Å². The zero-order valence-electron chi connectivity index (χ0n) is 7.84. The topological polar surface area (TPSA) is 35.5 Å². The van der Waals surface area contributed by atoms with E-state index >= 15 is 0 Å². The Balaban J connectivity index is 1.81. The lowest BCUT2D eigenvalue weighted by Crippen LogP contribution is -2.49. The van der Waals surface area contributed by atoms with E-state index in [0.717, 1.165) is 26.1 Å². The second-order valence-corrected chi connectivity index (χ2v) is 3.90. The number of ether oxygens (including phenoxy) is 2. The second kappa shape index (κ2) is 3.14. The van der Waals surface area contributed by atoms with Crippen LogP contribution in [0.15, 0.2) is 11.6 Å². The normalized spacial score (nSPS) is 23.3. The minimum absolute atomic E-state index is 0.201. The smallest absolute Gasteiger partial charge is 0.330 e. The van der Waals surface area contributed by atoms with Crippen LogP contribution in [0, 0.1) is 5.41 Å². The van der Waals surface area contributed by atoms with Gasteiger partial charge in [0.15, 0.2) is 0 Å². The number of esters is 1. The van der Waals surface area contributed by atoms with Gasteiger partial charge in [-0.05, 0) is 19.8 Å². The Morgan fingerprint density at radius 2 is 2.31 bits per heavy atom. The van der Waals surface area contributed by atoms with Crippen molar-refractivity contribution in [2.24, 2.45) is 5.41 Å². The maximum atomic E-state index is 11.0. The first-order valence-corrected chi connectivity index (χ1v) is 4.68. The molecule has 1 spiro atoms. The summed E-state index contributed by atoms with van der Waals surface area (Å²) in [5.74, 6) is -0.201. The molecule has 2 fully saturated rings. The summed E-state index contributed by atoms with van der Waals surface area (Å²) in [5, 5.41) is 0. The third kappa shape index (κ3) is 1.61. The summed E-state index contributed by atoms with van der Waals surface area (Å²) in [5.41, 5.74) is 1.61. The molecule has 0 N–H and O–H groups in total. The molecule has 1 aliphatic heterocycles. The van der Waals surface area contributed by atoms with Gasteiger partial charge in [0.1, 0.15) is 0 Å². The van der Waals surface area contributed by atoms with Crippen LogP contribution in [-0.2, 0) is 14.3 Å². The van der Waals surface area contributed by atoms with E-state index in [2.05, 4.69) is 0 Å². The molecule has 0 radical (unpaired) electrons. The number of allylic oxidation sites excluding steroid dienone is 1. The maximum absolute atomic E-state index is 11.0. The van der Waals surface area contributed by atoms with Gasteiger partial charge in [0, 0.05) is 11.5 Å². The summed E-state index contributed by atoms with van der Waals surface area (Å²) in [6, 6.07) is 0. The summed E-state index contributed by atoms with van der Waals surface area (Å²) in [4.78, 5) is 11.0. The van der Waals surface area contributed by atoms with Gasteiger partial charge in [-0.2, -0.15) is 0 Å². The summed E-state index contributed by atoms with van der Waals surface area (Å²) >= 11 is 0. The minimum Gasteiger partial charge on any atom is -0.463 e. The number of carbonyl (C=O) groups is 1. The Labute approximate surface area is 77.7 Å². The van der Waals surface area contributed by atoms with Crippen molar-refractivity contribution >= 4 is 5.97 Å². The van der Waals surface area contributed by atoms with Gasteiger partial charge in [-0.3, -0.25) is 0 Å². The van der Waals surface area contributed by atoms with E-state index in [-0.39, 0.29) is 5.97 Å². The van der Waals surface area contributed by atoms with E-state index in [9.17, 15) is 4.79 Å². The van der Waals surface area contributed by atoms with Crippen LogP contribution < -0.4 is 0 Å². The van der Waals surface area contributed by atoms with Crippen molar-refractivity contribution in [2.75, 3.05) is 19.8 Å². The van der Waals surface area contributed by atoms with E-state index in [1.165, 1.54) is 5.57 Å². The van der Waals surface area contributed by atoms with Crippen LogP contribution in [0.1, 0.15) is 19.8 Å². The van der Waals surface area contributed by atoms with E-state index in [1.54, 1.807) is 6.08 Å².